The van der Waals surface area contributed by atoms with Gasteiger partial charge >= 0.3 is 120 Å². The topological polar surface area (TPSA) is 20.2 Å². The van der Waals surface area contributed by atoms with E-state index in [2.05, 4.69) is 42.5 Å². The van der Waals surface area contributed by atoms with Crippen LogP contribution in [0.1, 0.15) is 12.8 Å². The van der Waals surface area contributed by atoms with Crippen molar-refractivity contribution in [3.8, 4) is 0 Å². The molecule has 2 aromatic carbocycles. The summed E-state index contributed by atoms with van der Waals surface area (Å²) in [5.41, 5.74) is 0. The third kappa shape index (κ3) is 2.28. The first kappa shape index (κ1) is 13.1. The zero-order valence-corrected chi connectivity index (χ0v) is 12.6. The molecule has 0 saturated heterocycles. The van der Waals surface area contributed by atoms with E-state index in [9.17, 15) is 4.80 Å². The van der Waals surface area contributed by atoms with E-state index in [1.165, 1.54) is 0 Å². The third-order valence-corrected chi connectivity index (χ3v) is 8.16. The molecule has 0 unspecified atom stereocenters. The molecule has 102 valence electrons. The molecular formula is C18H19OSi-. The summed E-state index contributed by atoms with van der Waals surface area (Å²) < 4.78 is 0. The van der Waals surface area contributed by atoms with Crippen LogP contribution >= 0.6 is 0 Å². The Morgan fingerprint density at radius 1 is 0.750 bits per heavy atom. The molecule has 1 nitrogen and oxygen atoms in total. The molecule has 0 saturated carbocycles. The molecule has 2 heteroatoms. The van der Waals surface area contributed by atoms with E-state index in [0.29, 0.717) is 0 Å². The Balaban J connectivity index is 2.18. The van der Waals surface area contributed by atoms with Crippen molar-refractivity contribution in [1.29, 1.82) is 0 Å². The minimum atomic E-state index is -3.18. The van der Waals surface area contributed by atoms with Crippen LogP contribution in [-0.2, 0) is 0 Å². The number of allylic oxidation sites excluding steroid dienone is 4. The van der Waals surface area contributed by atoms with Gasteiger partial charge in [0.25, 0.3) is 0 Å². The van der Waals surface area contributed by atoms with E-state index in [0.717, 1.165) is 28.4 Å². The first-order valence-corrected chi connectivity index (χ1v) is 9.42. The number of benzene rings is 2. The van der Waals surface area contributed by atoms with Crippen molar-refractivity contribution < 1.29 is 4.80 Å². The van der Waals surface area contributed by atoms with Crippen LogP contribution in [0.3, 0.4) is 0 Å². The molecule has 2 aromatic rings. The van der Waals surface area contributed by atoms with Gasteiger partial charge in [0.15, 0.2) is 0 Å². The van der Waals surface area contributed by atoms with Gasteiger partial charge in [-0.3, -0.25) is 0 Å². The van der Waals surface area contributed by atoms with Gasteiger partial charge in [0, 0.05) is 0 Å². The summed E-state index contributed by atoms with van der Waals surface area (Å²) in [6.45, 7) is 0. The molecule has 0 aromatic heterocycles. The van der Waals surface area contributed by atoms with Gasteiger partial charge in [-0.1, -0.05) is 0 Å². The molecule has 0 fully saturated rings. The van der Waals surface area contributed by atoms with Gasteiger partial charge in [0.1, 0.15) is 0 Å². The average Bonchev–Trinajstić information content (AvgIpc) is 2.56. The van der Waals surface area contributed by atoms with Gasteiger partial charge in [0.05, 0.1) is 0 Å². The zero-order valence-electron chi connectivity index (χ0n) is 11.4. The monoisotopic (exact) mass is 279 g/mol. The molecule has 1 aliphatic carbocycles. The Morgan fingerprint density at radius 2 is 1.30 bits per heavy atom. The van der Waals surface area contributed by atoms with Crippen LogP contribution in [0.25, 0.3) is 0 Å². The quantitative estimate of drug-likeness (QED) is 0.855. The molecule has 0 spiro atoms. The first-order valence-electron chi connectivity index (χ1n) is 7.17. The van der Waals surface area contributed by atoms with Crippen molar-refractivity contribution in [2.75, 3.05) is 0 Å². The van der Waals surface area contributed by atoms with Crippen molar-refractivity contribution in [3.63, 3.8) is 0 Å². The summed E-state index contributed by atoms with van der Waals surface area (Å²) in [4.78, 5) is 11.6. The molecule has 0 aliphatic heterocycles. The predicted molar refractivity (Wildman–Crippen MR) is 88.0 cm³/mol. The minimum absolute atomic E-state index is 1.02. The van der Waals surface area contributed by atoms with Crippen LogP contribution in [0.4, 0.5) is 0 Å². The van der Waals surface area contributed by atoms with Crippen LogP contribution in [-0.4, -0.2) is 13.1 Å². The van der Waals surface area contributed by atoms with Crippen LogP contribution in [0, 0.1) is 0 Å². The van der Waals surface area contributed by atoms with Gasteiger partial charge in [-0.2, -0.15) is 0 Å². The molecule has 20 heavy (non-hydrogen) atoms. The second kappa shape index (κ2) is 5.61. The Bertz CT molecular complexity index is 589. The van der Waals surface area contributed by atoms with Crippen LogP contribution in [0.2, 0.25) is 0 Å². The molecular weight excluding hydrogens is 260 g/mol. The van der Waals surface area contributed by atoms with Crippen molar-refractivity contribution in [3.05, 3.63) is 84.1 Å². The molecule has 0 amide bonds. The summed E-state index contributed by atoms with van der Waals surface area (Å²) >= 11 is 0. The fraction of sp³-hybridized carbons (Fsp3) is 0.111. The van der Waals surface area contributed by atoms with E-state index in [1.54, 1.807) is 0 Å². The van der Waals surface area contributed by atoms with Crippen LogP contribution in [0.5, 0.6) is 0 Å². The van der Waals surface area contributed by atoms with Crippen molar-refractivity contribution in [2.24, 2.45) is 0 Å². The molecule has 0 radical (unpaired) electrons. The first-order chi connectivity index (χ1) is 9.82. The third-order valence-electron chi connectivity index (χ3n) is 4.07. The van der Waals surface area contributed by atoms with E-state index in [1.807, 2.05) is 36.4 Å². The maximum atomic E-state index is 11.6. The fourth-order valence-electron chi connectivity index (χ4n) is 2.98. The van der Waals surface area contributed by atoms with E-state index >= 15 is 0 Å². The summed E-state index contributed by atoms with van der Waals surface area (Å²) in [6.07, 6.45) is 8.60. The molecule has 0 atom stereocenters. The van der Waals surface area contributed by atoms with Crippen LogP contribution < -0.4 is 10.4 Å². The van der Waals surface area contributed by atoms with Gasteiger partial charge in [-0.15, -0.1) is 0 Å². The summed E-state index contributed by atoms with van der Waals surface area (Å²) in [5, 5.41) is 3.27. The van der Waals surface area contributed by atoms with Gasteiger partial charge in [-0.25, -0.2) is 0 Å². The normalized spacial score (nSPS) is 15.8. The van der Waals surface area contributed by atoms with E-state index in [-0.39, 0.29) is 0 Å². The summed E-state index contributed by atoms with van der Waals surface area (Å²) in [6, 6.07) is 20.3. The Hall–Kier alpha value is -1.90. The Kier molecular flexibility index (Phi) is 3.67. The molecule has 0 bridgehead atoms. The Morgan fingerprint density at radius 3 is 1.75 bits per heavy atom. The molecule has 1 N–H and O–H groups in total. The average molecular weight is 279 g/mol. The van der Waals surface area contributed by atoms with Crippen molar-refractivity contribution in [1.82, 2.24) is 0 Å². The maximum absolute atomic E-state index is 11.6. The van der Waals surface area contributed by atoms with Gasteiger partial charge in [-0.05, 0) is 0 Å². The molecule has 1 aliphatic rings. The van der Waals surface area contributed by atoms with Crippen molar-refractivity contribution in [2.45, 2.75) is 12.8 Å². The summed E-state index contributed by atoms with van der Waals surface area (Å²) in [5.74, 6) is 0. The number of rotatable bonds is 3. The number of hydrogen-bond donors (Lipinski definition) is 1. The molecule has 3 rings (SSSR count). The zero-order chi connectivity index (χ0) is 13.8. The number of hydrogen-bond acceptors (Lipinski definition) is 1. The van der Waals surface area contributed by atoms with Crippen molar-refractivity contribution >= 4 is 18.7 Å². The van der Waals surface area contributed by atoms with Gasteiger partial charge < -0.3 is 0 Å². The van der Waals surface area contributed by atoms with E-state index < -0.39 is 8.32 Å². The summed E-state index contributed by atoms with van der Waals surface area (Å²) in [7, 11) is -3.18. The van der Waals surface area contributed by atoms with Crippen LogP contribution in [0.15, 0.2) is 84.1 Å². The standard InChI is InChI=1S/C18H19OSi/c19-20(16-10-4-1-5-11-16,17-12-6-2-7-13-17)18-14-8-3-9-15-18/h1-2,4-8,10-15,19-20H,3,9H2/q-1. The second-order valence-electron chi connectivity index (χ2n) is 5.33. The SMILES string of the molecule is O[SiH-](C1=CCCC=C1)(c1ccccc1)c1ccccc1. The van der Waals surface area contributed by atoms with E-state index in [4.69, 9.17) is 0 Å². The van der Waals surface area contributed by atoms with Gasteiger partial charge in [0.2, 0.25) is 0 Å². The predicted octanol–water partition coefficient (Wildman–Crippen LogP) is 2.29. The molecule has 0 heterocycles. The fourth-order valence-corrected chi connectivity index (χ4v) is 6.62. The second-order valence-corrected chi connectivity index (χ2v) is 8.97. The Labute approximate surface area is 121 Å².